The molecule has 0 aliphatic rings. The average Bonchev–Trinajstić information content (AvgIpc) is 2.64. The predicted octanol–water partition coefficient (Wildman–Crippen LogP) is 3.99. The third-order valence-electron chi connectivity index (χ3n) is 4.40. The van der Waals surface area contributed by atoms with Crippen molar-refractivity contribution >= 4 is 23.2 Å². The molecule has 0 aromatic heterocycles. The number of hydrogen-bond acceptors (Lipinski definition) is 6. The minimum absolute atomic E-state index is 0.0981. The molecule has 0 heterocycles. The number of carbonyl (C=O) groups is 3. The first-order chi connectivity index (χ1) is 12.8. The number of esters is 1. The number of non-ortho nitro benzene ring substituents is 1. The van der Waals surface area contributed by atoms with Crippen LogP contribution in [0.2, 0.25) is 0 Å². The number of Topliss-reactive ketones (excluding diaryl/α,β-unsaturated/α-hetero) is 2. The van der Waals surface area contributed by atoms with Crippen molar-refractivity contribution in [2.45, 2.75) is 58.8 Å². The van der Waals surface area contributed by atoms with Crippen LogP contribution >= 0.6 is 0 Å². The summed E-state index contributed by atoms with van der Waals surface area (Å²) >= 11 is 0. The van der Waals surface area contributed by atoms with E-state index in [9.17, 15) is 24.5 Å². The molecule has 0 saturated carbocycles. The molecule has 1 rings (SSSR count). The molecule has 0 aliphatic carbocycles. The Balaban J connectivity index is 3.11. The molecule has 7 nitrogen and oxygen atoms in total. The van der Waals surface area contributed by atoms with Gasteiger partial charge in [-0.05, 0) is 18.9 Å². The molecule has 0 spiro atoms. The quantitative estimate of drug-likeness (QED) is 0.179. The summed E-state index contributed by atoms with van der Waals surface area (Å²) in [6, 6.07) is 5.50. The molecular formula is C20H27NO6. The minimum atomic E-state index is -1.30. The second-order valence-corrected chi connectivity index (χ2v) is 6.47. The van der Waals surface area contributed by atoms with Crippen LogP contribution in [-0.4, -0.2) is 29.1 Å². The lowest BCUT2D eigenvalue weighted by atomic mass is 9.79. The fraction of sp³-hybridized carbons (Fsp3) is 0.550. The Morgan fingerprint density at radius 2 is 1.85 bits per heavy atom. The Morgan fingerprint density at radius 3 is 2.41 bits per heavy atom. The fourth-order valence-corrected chi connectivity index (χ4v) is 2.94. The maximum atomic E-state index is 12.5. The van der Waals surface area contributed by atoms with Gasteiger partial charge in [-0.2, -0.15) is 0 Å². The number of hydrogen-bond donors (Lipinski definition) is 0. The van der Waals surface area contributed by atoms with E-state index in [1.54, 1.807) is 6.92 Å². The SMILES string of the molecule is CCCCCCOC(=O)C(C(C)=O)C(C(=O)CC)c1cccc([N+](=O)[O-])c1. The van der Waals surface area contributed by atoms with Gasteiger partial charge in [0.25, 0.3) is 5.69 Å². The molecule has 0 fully saturated rings. The molecule has 0 saturated heterocycles. The number of benzene rings is 1. The highest BCUT2D eigenvalue weighted by atomic mass is 16.6. The highest BCUT2D eigenvalue weighted by molar-refractivity contribution is 6.04. The molecule has 7 heteroatoms. The van der Waals surface area contributed by atoms with Gasteiger partial charge in [-0.1, -0.05) is 45.2 Å². The van der Waals surface area contributed by atoms with Crippen LogP contribution in [0.4, 0.5) is 5.69 Å². The number of ether oxygens (including phenoxy) is 1. The average molecular weight is 377 g/mol. The van der Waals surface area contributed by atoms with E-state index in [4.69, 9.17) is 4.74 Å². The zero-order valence-electron chi connectivity index (χ0n) is 16.1. The molecule has 0 bridgehead atoms. The van der Waals surface area contributed by atoms with Gasteiger partial charge < -0.3 is 4.74 Å². The number of ketones is 2. The number of unbranched alkanes of at least 4 members (excludes halogenated alkanes) is 3. The number of nitrogens with zero attached hydrogens (tertiary/aromatic N) is 1. The van der Waals surface area contributed by atoms with Crippen LogP contribution in [-0.2, 0) is 19.1 Å². The normalized spacial score (nSPS) is 12.9. The summed E-state index contributed by atoms with van der Waals surface area (Å²) < 4.78 is 5.24. The molecular weight excluding hydrogens is 350 g/mol. The molecule has 2 unspecified atom stereocenters. The van der Waals surface area contributed by atoms with Crippen molar-refractivity contribution in [3.05, 3.63) is 39.9 Å². The van der Waals surface area contributed by atoms with Gasteiger partial charge in [0.15, 0.2) is 0 Å². The van der Waals surface area contributed by atoms with Crippen molar-refractivity contribution < 1.29 is 24.0 Å². The predicted molar refractivity (Wildman–Crippen MR) is 100 cm³/mol. The Labute approximate surface area is 159 Å². The maximum absolute atomic E-state index is 12.5. The van der Waals surface area contributed by atoms with E-state index in [2.05, 4.69) is 6.92 Å². The topological polar surface area (TPSA) is 104 Å². The third-order valence-corrected chi connectivity index (χ3v) is 4.40. The van der Waals surface area contributed by atoms with E-state index in [0.717, 1.165) is 19.3 Å². The van der Waals surface area contributed by atoms with E-state index in [-0.39, 0.29) is 30.1 Å². The Morgan fingerprint density at radius 1 is 1.15 bits per heavy atom. The molecule has 0 radical (unpaired) electrons. The highest BCUT2D eigenvalue weighted by Crippen LogP contribution is 2.31. The number of rotatable bonds is 12. The Hall–Kier alpha value is -2.57. The van der Waals surface area contributed by atoms with Gasteiger partial charge in [-0.25, -0.2) is 0 Å². The van der Waals surface area contributed by atoms with E-state index >= 15 is 0 Å². The van der Waals surface area contributed by atoms with E-state index in [1.807, 2.05) is 0 Å². The molecule has 1 aromatic rings. The van der Waals surface area contributed by atoms with Gasteiger partial charge in [-0.15, -0.1) is 0 Å². The molecule has 0 amide bonds. The fourth-order valence-electron chi connectivity index (χ4n) is 2.94. The zero-order chi connectivity index (χ0) is 20.4. The van der Waals surface area contributed by atoms with Gasteiger partial charge in [0.2, 0.25) is 0 Å². The second-order valence-electron chi connectivity index (χ2n) is 6.47. The first-order valence-corrected chi connectivity index (χ1v) is 9.27. The summed E-state index contributed by atoms with van der Waals surface area (Å²) in [6.07, 6.45) is 3.77. The van der Waals surface area contributed by atoms with Gasteiger partial charge in [-0.3, -0.25) is 24.5 Å². The molecule has 0 aliphatic heterocycles. The monoisotopic (exact) mass is 377 g/mol. The van der Waals surface area contributed by atoms with Crippen molar-refractivity contribution in [1.29, 1.82) is 0 Å². The lowest BCUT2D eigenvalue weighted by Crippen LogP contribution is -2.34. The van der Waals surface area contributed by atoms with Crippen molar-refractivity contribution in [2.24, 2.45) is 5.92 Å². The van der Waals surface area contributed by atoms with Crippen molar-refractivity contribution in [3.63, 3.8) is 0 Å². The lowest BCUT2D eigenvalue weighted by molar-refractivity contribution is -0.384. The number of nitro groups is 1. The Kier molecular flexibility index (Phi) is 9.33. The molecule has 27 heavy (non-hydrogen) atoms. The van der Waals surface area contributed by atoms with Crippen LogP contribution in [0, 0.1) is 16.0 Å². The maximum Gasteiger partial charge on any atom is 0.317 e. The van der Waals surface area contributed by atoms with Gasteiger partial charge in [0.1, 0.15) is 17.5 Å². The molecule has 2 atom stereocenters. The molecule has 148 valence electrons. The molecule has 0 N–H and O–H groups in total. The van der Waals surface area contributed by atoms with Crippen molar-refractivity contribution in [2.75, 3.05) is 6.61 Å². The minimum Gasteiger partial charge on any atom is -0.465 e. The van der Waals surface area contributed by atoms with Gasteiger partial charge >= 0.3 is 5.97 Å². The lowest BCUT2D eigenvalue weighted by Gasteiger charge is -2.23. The standard InChI is InChI=1S/C20H27NO6/c1-4-6-7-8-12-27-20(24)18(14(3)22)19(17(23)5-2)15-10-9-11-16(13-15)21(25)26/h9-11,13,18-19H,4-8,12H2,1-3H3. The van der Waals surface area contributed by atoms with Gasteiger partial charge in [0, 0.05) is 18.6 Å². The van der Waals surface area contributed by atoms with Crippen LogP contribution in [0.3, 0.4) is 0 Å². The zero-order valence-corrected chi connectivity index (χ0v) is 16.1. The number of carbonyl (C=O) groups excluding carboxylic acids is 3. The summed E-state index contributed by atoms with van der Waals surface area (Å²) in [4.78, 5) is 47.7. The van der Waals surface area contributed by atoms with Crippen LogP contribution in [0.5, 0.6) is 0 Å². The summed E-state index contributed by atoms with van der Waals surface area (Å²) in [5, 5.41) is 11.0. The van der Waals surface area contributed by atoms with Crippen LogP contribution in [0.25, 0.3) is 0 Å². The highest BCUT2D eigenvalue weighted by Gasteiger charge is 2.39. The van der Waals surface area contributed by atoms with Gasteiger partial charge in [0.05, 0.1) is 17.4 Å². The summed E-state index contributed by atoms with van der Waals surface area (Å²) in [5.41, 5.74) is 0.0795. The van der Waals surface area contributed by atoms with Crippen molar-refractivity contribution in [3.8, 4) is 0 Å². The second kappa shape index (κ2) is 11.2. The summed E-state index contributed by atoms with van der Waals surface area (Å²) in [5.74, 6) is -3.97. The van der Waals surface area contributed by atoms with Crippen molar-refractivity contribution in [1.82, 2.24) is 0 Å². The van der Waals surface area contributed by atoms with Crippen LogP contribution < -0.4 is 0 Å². The summed E-state index contributed by atoms with van der Waals surface area (Å²) in [7, 11) is 0. The molecule has 1 aromatic carbocycles. The van der Waals surface area contributed by atoms with Crippen LogP contribution in [0.15, 0.2) is 24.3 Å². The van der Waals surface area contributed by atoms with E-state index in [0.29, 0.717) is 6.42 Å². The third kappa shape index (κ3) is 6.58. The van der Waals surface area contributed by atoms with E-state index in [1.165, 1.54) is 31.2 Å². The summed E-state index contributed by atoms with van der Waals surface area (Å²) in [6.45, 7) is 5.11. The van der Waals surface area contributed by atoms with E-state index < -0.39 is 28.5 Å². The first kappa shape index (κ1) is 22.5. The smallest absolute Gasteiger partial charge is 0.317 e. The Bertz CT molecular complexity index is 685. The van der Waals surface area contributed by atoms with Crippen LogP contribution in [0.1, 0.15) is 64.4 Å². The number of nitro benzene ring substituents is 1. The first-order valence-electron chi connectivity index (χ1n) is 9.27. The largest absolute Gasteiger partial charge is 0.465 e.